The molecule has 0 atom stereocenters. The Morgan fingerprint density at radius 3 is 2.05 bits per heavy atom. The fraction of sp³-hybridized carbons (Fsp3) is 1.00. The zero-order valence-electron chi connectivity index (χ0n) is 14.5. The van der Waals surface area contributed by atoms with Crippen molar-refractivity contribution in [1.29, 1.82) is 0 Å². The zero-order valence-corrected chi connectivity index (χ0v) is 14.5. The van der Waals surface area contributed by atoms with E-state index in [2.05, 4.69) is 40.9 Å². The molecule has 4 nitrogen and oxygen atoms in total. The van der Waals surface area contributed by atoms with Crippen molar-refractivity contribution in [1.82, 2.24) is 20.0 Å². The molecule has 0 unspecified atom stereocenters. The first-order valence-electron chi connectivity index (χ1n) is 8.97. The monoisotopic (exact) mass is 296 g/mol. The van der Waals surface area contributed by atoms with Gasteiger partial charge in [0.1, 0.15) is 0 Å². The predicted octanol–water partition coefficient (Wildman–Crippen LogP) is 1.19. The van der Waals surface area contributed by atoms with Crippen LogP contribution in [0.4, 0.5) is 0 Å². The number of hydrogen-bond donors (Lipinski definition) is 1. The molecule has 0 aromatic carbocycles. The van der Waals surface area contributed by atoms with Crippen LogP contribution in [-0.4, -0.2) is 87.2 Å². The Balaban J connectivity index is 1.52. The number of likely N-dealkylation sites (N-methyl/N-ethyl adjacent to an activating group) is 1. The summed E-state index contributed by atoms with van der Waals surface area (Å²) in [6.07, 6.45) is 2.77. The lowest BCUT2D eigenvalue weighted by Gasteiger charge is -2.36. The van der Waals surface area contributed by atoms with E-state index in [0.29, 0.717) is 0 Å². The van der Waals surface area contributed by atoms with Gasteiger partial charge in [0.05, 0.1) is 0 Å². The molecule has 0 aromatic heterocycles. The van der Waals surface area contributed by atoms with Gasteiger partial charge in [0.2, 0.25) is 0 Å². The SMILES string of the molecule is CC(C)CNCC1CCN(CCN2CCN(C)CC2)CC1. The van der Waals surface area contributed by atoms with Gasteiger partial charge in [0, 0.05) is 39.3 Å². The van der Waals surface area contributed by atoms with Gasteiger partial charge in [-0.1, -0.05) is 13.8 Å². The molecule has 2 saturated heterocycles. The van der Waals surface area contributed by atoms with Crippen molar-refractivity contribution in [3.63, 3.8) is 0 Å². The number of hydrogen-bond acceptors (Lipinski definition) is 4. The second-order valence-electron chi connectivity index (χ2n) is 7.48. The molecule has 4 heteroatoms. The summed E-state index contributed by atoms with van der Waals surface area (Å²) in [5.41, 5.74) is 0. The highest BCUT2D eigenvalue weighted by atomic mass is 15.3. The van der Waals surface area contributed by atoms with E-state index >= 15 is 0 Å². The first kappa shape index (κ1) is 17.2. The lowest BCUT2D eigenvalue weighted by atomic mass is 9.96. The highest BCUT2D eigenvalue weighted by Gasteiger charge is 2.20. The maximum Gasteiger partial charge on any atom is 0.0110 e. The average molecular weight is 297 g/mol. The number of piperidine rings is 1. The molecule has 0 aliphatic carbocycles. The third kappa shape index (κ3) is 6.64. The average Bonchev–Trinajstić information content (AvgIpc) is 2.48. The Hall–Kier alpha value is -0.160. The second-order valence-corrected chi connectivity index (χ2v) is 7.48. The Kier molecular flexibility index (Phi) is 7.44. The van der Waals surface area contributed by atoms with Crippen LogP contribution in [0.3, 0.4) is 0 Å². The molecule has 2 heterocycles. The fourth-order valence-corrected chi connectivity index (χ4v) is 3.34. The van der Waals surface area contributed by atoms with Crippen LogP contribution in [0.5, 0.6) is 0 Å². The van der Waals surface area contributed by atoms with E-state index in [1.807, 2.05) is 0 Å². The molecule has 0 saturated carbocycles. The molecule has 0 radical (unpaired) electrons. The van der Waals surface area contributed by atoms with Gasteiger partial charge in [-0.2, -0.15) is 0 Å². The highest BCUT2D eigenvalue weighted by molar-refractivity contribution is 4.76. The van der Waals surface area contributed by atoms with Gasteiger partial charge >= 0.3 is 0 Å². The molecule has 2 aliphatic heterocycles. The van der Waals surface area contributed by atoms with Gasteiger partial charge in [-0.25, -0.2) is 0 Å². The molecule has 21 heavy (non-hydrogen) atoms. The van der Waals surface area contributed by atoms with Crippen molar-refractivity contribution in [2.75, 3.05) is 72.5 Å². The first-order chi connectivity index (χ1) is 10.1. The Labute approximate surface area is 131 Å². The summed E-state index contributed by atoms with van der Waals surface area (Å²) in [5, 5.41) is 3.63. The third-order valence-electron chi connectivity index (χ3n) is 5.02. The number of nitrogens with one attached hydrogen (secondary N) is 1. The summed E-state index contributed by atoms with van der Waals surface area (Å²) in [7, 11) is 2.23. The van der Waals surface area contributed by atoms with Gasteiger partial charge in [0.15, 0.2) is 0 Å². The Bertz CT molecular complexity index is 266. The number of piperazine rings is 1. The maximum atomic E-state index is 3.63. The lowest BCUT2D eigenvalue weighted by Crippen LogP contribution is -2.48. The number of likely N-dealkylation sites (tertiary alicyclic amines) is 1. The summed E-state index contributed by atoms with van der Waals surface area (Å²) in [5.74, 6) is 1.68. The van der Waals surface area contributed by atoms with Crippen molar-refractivity contribution in [3.05, 3.63) is 0 Å². The summed E-state index contributed by atoms with van der Waals surface area (Å²) in [4.78, 5) is 7.75. The summed E-state index contributed by atoms with van der Waals surface area (Å²) in [6.45, 7) is 17.1. The fourth-order valence-electron chi connectivity index (χ4n) is 3.34. The molecule has 124 valence electrons. The topological polar surface area (TPSA) is 21.8 Å². The highest BCUT2D eigenvalue weighted by Crippen LogP contribution is 2.16. The van der Waals surface area contributed by atoms with E-state index in [0.717, 1.165) is 11.8 Å². The number of rotatable bonds is 7. The summed E-state index contributed by atoms with van der Waals surface area (Å²) < 4.78 is 0. The quantitative estimate of drug-likeness (QED) is 0.762. The Morgan fingerprint density at radius 1 is 0.905 bits per heavy atom. The molecule has 0 amide bonds. The normalized spacial score (nSPS) is 24.0. The van der Waals surface area contributed by atoms with E-state index in [1.165, 1.54) is 78.3 Å². The molecule has 0 spiro atoms. The third-order valence-corrected chi connectivity index (χ3v) is 5.02. The van der Waals surface area contributed by atoms with E-state index in [1.54, 1.807) is 0 Å². The molecule has 0 bridgehead atoms. The van der Waals surface area contributed by atoms with E-state index in [-0.39, 0.29) is 0 Å². The molecule has 2 aliphatic rings. The minimum Gasteiger partial charge on any atom is -0.316 e. The van der Waals surface area contributed by atoms with Gasteiger partial charge in [-0.3, -0.25) is 4.90 Å². The number of nitrogens with zero attached hydrogens (tertiary/aromatic N) is 3. The minimum absolute atomic E-state index is 0.772. The van der Waals surface area contributed by atoms with Crippen LogP contribution in [0.1, 0.15) is 26.7 Å². The van der Waals surface area contributed by atoms with Crippen LogP contribution in [0.2, 0.25) is 0 Å². The van der Waals surface area contributed by atoms with Crippen molar-refractivity contribution >= 4 is 0 Å². The standard InChI is InChI=1S/C17H36N4/c1-16(2)14-18-15-17-4-6-20(7-5-17)12-13-21-10-8-19(3)9-11-21/h16-18H,4-15H2,1-3H3. The molecule has 0 aromatic rings. The Morgan fingerprint density at radius 2 is 1.48 bits per heavy atom. The van der Waals surface area contributed by atoms with Crippen LogP contribution < -0.4 is 5.32 Å². The van der Waals surface area contributed by atoms with Crippen LogP contribution in [0.15, 0.2) is 0 Å². The smallest absolute Gasteiger partial charge is 0.0110 e. The van der Waals surface area contributed by atoms with Crippen LogP contribution in [0, 0.1) is 11.8 Å². The van der Waals surface area contributed by atoms with Gasteiger partial charge in [-0.05, 0) is 57.9 Å². The molecule has 2 fully saturated rings. The van der Waals surface area contributed by atoms with E-state index < -0.39 is 0 Å². The van der Waals surface area contributed by atoms with E-state index in [9.17, 15) is 0 Å². The largest absolute Gasteiger partial charge is 0.316 e. The van der Waals surface area contributed by atoms with Crippen LogP contribution in [-0.2, 0) is 0 Å². The minimum atomic E-state index is 0.772. The van der Waals surface area contributed by atoms with Crippen molar-refractivity contribution in [2.24, 2.45) is 11.8 Å². The lowest BCUT2D eigenvalue weighted by molar-refractivity contribution is 0.119. The van der Waals surface area contributed by atoms with Crippen molar-refractivity contribution < 1.29 is 0 Å². The first-order valence-corrected chi connectivity index (χ1v) is 8.97. The van der Waals surface area contributed by atoms with Gasteiger partial charge in [-0.15, -0.1) is 0 Å². The van der Waals surface area contributed by atoms with Crippen LogP contribution in [0.25, 0.3) is 0 Å². The van der Waals surface area contributed by atoms with Gasteiger partial charge in [0.25, 0.3) is 0 Å². The molecule has 1 N–H and O–H groups in total. The summed E-state index contributed by atoms with van der Waals surface area (Å²) in [6, 6.07) is 0. The molecular formula is C17H36N4. The maximum absolute atomic E-state index is 3.63. The zero-order chi connectivity index (χ0) is 15.1. The summed E-state index contributed by atoms with van der Waals surface area (Å²) >= 11 is 0. The van der Waals surface area contributed by atoms with Gasteiger partial charge < -0.3 is 15.1 Å². The van der Waals surface area contributed by atoms with E-state index in [4.69, 9.17) is 0 Å². The molecular weight excluding hydrogens is 260 g/mol. The second kappa shape index (κ2) is 9.09. The van der Waals surface area contributed by atoms with Crippen molar-refractivity contribution in [2.45, 2.75) is 26.7 Å². The van der Waals surface area contributed by atoms with Crippen LogP contribution >= 0.6 is 0 Å². The molecule has 2 rings (SSSR count). The predicted molar refractivity (Wildman–Crippen MR) is 90.8 cm³/mol. The van der Waals surface area contributed by atoms with Crippen molar-refractivity contribution in [3.8, 4) is 0 Å².